The van der Waals surface area contributed by atoms with Crippen LogP contribution in [-0.4, -0.2) is 28.9 Å². The Morgan fingerprint density at radius 2 is 1.81 bits per heavy atom. The molecule has 6 heteroatoms. The number of anilines is 1. The highest BCUT2D eigenvalue weighted by Gasteiger charge is 2.13. The molecular formula is C20H19N3O3. The van der Waals surface area contributed by atoms with Gasteiger partial charge in [-0.1, -0.05) is 0 Å². The van der Waals surface area contributed by atoms with Gasteiger partial charge in [-0.05, 0) is 49.4 Å². The number of hydrogen-bond donors (Lipinski definition) is 1. The first kappa shape index (κ1) is 16.2. The van der Waals surface area contributed by atoms with Crippen molar-refractivity contribution in [2.45, 2.75) is 13.3 Å². The SMILES string of the molecule is Cc1ccnn1-c1ccc(C(=O)Nc2ccc3c(c2)OCCCO3)cc1. The summed E-state index contributed by atoms with van der Waals surface area (Å²) in [4.78, 5) is 12.5. The molecule has 0 atom stereocenters. The molecule has 2 heterocycles. The van der Waals surface area contributed by atoms with Crippen molar-refractivity contribution in [3.63, 3.8) is 0 Å². The van der Waals surface area contributed by atoms with E-state index in [2.05, 4.69) is 10.4 Å². The molecule has 0 saturated heterocycles. The molecule has 26 heavy (non-hydrogen) atoms. The average Bonchev–Trinajstić information content (AvgIpc) is 2.95. The first-order valence-electron chi connectivity index (χ1n) is 8.53. The van der Waals surface area contributed by atoms with Crippen LogP contribution in [0.5, 0.6) is 11.5 Å². The van der Waals surface area contributed by atoms with Gasteiger partial charge in [0, 0.05) is 35.6 Å². The van der Waals surface area contributed by atoms with Crippen LogP contribution in [0.15, 0.2) is 54.7 Å². The van der Waals surface area contributed by atoms with Gasteiger partial charge >= 0.3 is 0 Å². The molecule has 3 aromatic rings. The molecule has 1 amide bonds. The summed E-state index contributed by atoms with van der Waals surface area (Å²) < 4.78 is 13.1. The van der Waals surface area contributed by atoms with Crippen molar-refractivity contribution in [2.24, 2.45) is 0 Å². The van der Waals surface area contributed by atoms with Crippen LogP contribution < -0.4 is 14.8 Å². The average molecular weight is 349 g/mol. The van der Waals surface area contributed by atoms with Crippen molar-refractivity contribution in [3.8, 4) is 17.2 Å². The summed E-state index contributed by atoms with van der Waals surface area (Å²) in [5, 5.41) is 7.16. The van der Waals surface area contributed by atoms with Gasteiger partial charge in [0.25, 0.3) is 5.91 Å². The molecule has 1 aliphatic rings. The zero-order valence-electron chi connectivity index (χ0n) is 14.4. The van der Waals surface area contributed by atoms with Crippen molar-refractivity contribution in [1.82, 2.24) is 9.78 Å². The van der Waals surface area contributed by atoms with Crippen LogP contribution >= 0.6 is 0 Å². The van der Waals surface area contributed by atoms with E-state index >= 15 is 0 Å². The van der Waals surface area contributed by atoms with Crippen LogP contribution in [0.3, 0.4) is 0 Å². The number of nitrogens with zero attached hydrogens (tertiary/aromatic N) is 2. The van der Waals surface area contributed by atoms with Gasteiger partial charge in [0.1, 0.15) is 0 Å². The fraction of sp³-hybridized carbons (Fsp3) is 0.200. The Kier molecular flexibility index (Phi) is 4.31. The van der Waals surface area contributed by atoms with E-state index < -0.39 is 0 Å². The molecule has 2 aromatic carbocycles. The number of nitrogens with one attached hydrogen (secondary N) is 1. The van der Waals surface area contributed by atoms with E-state index in [1.165, 1.54) is 0 Å². The van der Waals surface area contributed by atoms with Gasteiger partial charge in [-0.3, -0.25) is 4.79 Å². The minimum absolute atomic E-state index is 0.178. The van der Waals surface area contributed by atoms with E-state index in [1.807, 2.05) is 41.9 Å². The molecule has 4 rings (SSSR count). The van der Waals surface area contributed by atoms with Gasteiger partial charge in [-0.2, -0.15) is 5.10 Å². The predicted octanol–water partition coefficient (Wildman–Crippen LogP) is 3.59. The van der Waals surface area contributed by atoms with E-state index in [1.54, 1.807) is 24.4 Å². The molecule has 1 aromatic heterocycles. The standard InChI is InChI=1S/C20H19N3O3/c1-14-9-10-21-23(14)17-6-3-15(4-7-17)20(24)22-16-5-8-18-19(13-16)26-12-2-11-25-18/h3-10,13H,2,11-12H2,1H3,(H,22,24). The largest absolute Gasteiger partial charge is 0.490 e. The molecule has 1 N–H and O–H groups in total. The van der Waals surface area contributed by atoms with Crippen LogP contribution in [0.25, 0.3) is 5.69 Å². The van der Waals surface area contributed by atoms with E-state index in [0.717, 1.165) is 17.8 Å². The van der Waals surface area contributed by atoms with Gasteiger partial charge in [0.2, 0.25) is 0 Å². The fourth-order valence-electron chi connectivity index (χ4n) is 2.84. The summed E-state index contributed by atoms with van der Waals surface area (Å²) in [6, 6.07) is 14.7. The number of rotatable bonds is 3. The van der Waals surface area contributed by atoms with Crippen molar-refractivity contribution < 1.29 is 14.3 Å². The number of fused-ring (bicyclic) bond motifs is 1. The third-order valence-corrected chi connectivity index (χ3v) is 4.21. The molecule has 0 saturated carbocycles. The van der Waals surface area contributed by atoms with Gasteiger partial charge in [-0.15, -0.1) is 0 Å². The van der Waals surface area contributed by atoms with Crippen molar-refractivity contribution in [3.05, 3.63) is 66.0 Å². The zero-order valence-corrected chi connectivity index (χ0v) is 14.4. The third-order valence-electron chi connectivity index (χ3n) is 4.21. The number of ether oxygens (including phenoxy) is 2. The van der Waals surface area contributed by atoms with Gasteiger partial charge in [0.05, 0.1) is 18.9 Å². The summed E-state index contributed by atoms with van der Waals surface area (Å²) in [6.45, 7) is 3.23. The normalized spacial score (nSPS) is 13.1. The molecule has 0 unspecified atom stereocenters. The molecule has 0 aliphatic carbocycles. The number of aromatic nitrogens is 2. The Balaban J connectivity index is 1.50. The van der Waals surface area contributed by atoms with E-state index in [-0.39, 0.29) is 5.91 Å². The lowest BCUT2D eigenvalue weighted by molar-refractivity contribution is 0.102. The topological polar surface area (TPSA) is 65.4 Å². The van der Waals surface area contributed by atoms with E-state index in [0.29, 0.717) is 36.0 Å². The van der Waals surface area contributed by atoms with Gasteiger partial charge < -0.3 is 14.8 Å². The van der Waals surface area contributed by atoms with Gasteiger partial charge in [-0.25, -0.2) is 4.68 Å². The summed E-state index contributed by atoms with van der Waals surface area (Å²) in [5.41, 5.74) is 3.20. The van der Waals surface area contributed by atoms with Crippen LogP contribution in [-0.2, 0) is 0 Å². The summed E-state index contributed by atoms with van der Waals surface area (Å²) in [6.07, 6.45) is 2.60. The highest BCUT2D eigenvalue weighted by Crippen LogP contribution is 2.32. The third kappa shape index (κ3) is 3.26. The Hall–Kier alpha value is -3.28. The van der Waals surface area contributed by atoms with Gasteiger partial charge in [0.15, 0.2) is 11.5 Å². The van der Waals surface area contributed by atoms with Crippen molar-refractivity contribution >= 4 is 11.6 Å². The fourth-order valence-corrected chi connectivity index (χ4v) is 2.84. The second-order valence-electron chi connectivity index (χ2n) is 6.10. The number of hydrogen-bond acceptors (Lipinski definition) is 4. The van der Waals surface area contributed by atoms with Crippen molar-refractivity contribution in [1.29, 1.82) is 0 Å². The van der Waals surface area contributed by atoms with E-state index in [9.17, 15) is 4.79 Å². The highest BCUT2D eigenvalue weighted by molar-refractivity contribution is 6.04. The minimum atomic E-state index is -0.178. The summed E-state index contributed by atoms with van der Waals surface area (Å²) in [7, 11) is 0. The lowest BCUT2D eigenvalue weighted by Crippen LogP contribution is -2.12. The number of benzene rings is 2. The Labute approximate surface area is 151 Å². The maximum Gasteiger partial charge on any atom is 0.255 e. The Bertz CT molecular complexity index is 932. The monoisotopic (exact) mass is 349 g/mol. The first-order chi connectivity index (χ1) is 12.7. The second kappa shape index (κ2) is 6.92. The van der Waals surface area contributed by atoms with Crippen molar-refractivity contribution in [2.75, 3.05) is 18.5 Å². The maximum atomic E-state index is 12.5. The van der Waals surface area contributed by atoms with Crippen LogP contribution in [0.4, 0.5) is 5.69 Å². The first-order valence-corrected chi connectivity index (χ1v) is 8.53. The van der Waals surface area contributed by atoms with Crippen LogP contribution in [0.1, 0.15) is 22.5 Å². The molecule has 132 valence electrons. The molecule has 0 fully saturated rings. The molecule has 6 nitrogen and oxygen atoms in total. The summed E-state index contributed by atoms with van der Waals surface area (Å²) in [5.74, 6) is 1.19. The molecular weight excluding hydrogens is 330 g/mol. The smallest absolute Gasteiger partial charge is 0.255 e. The molecule has 0 bridgehead atoms. The Morgan fingerprint density at radius 3 is 2.54 bits per heavy atom. The van der Waals surface area contributed by atoms with Crippen LogP contribution in [0.2, 0.25) is 0 Å². The second-order valence-corrected chi connectivity index (χ2v) is 6.10. The maximum absolute atomic E-state index is 12.5. The summed E-state index contributed by atoms with van der Waals surface area (Å²) >= 11 is 0. The zero-order chi connectivity index (χ0) is 17.9. The lowest BCUT2D eigenvalue weighted by atomic mass is 10.2. The lowest BCUT2D eigenvalue weighted by Gasteiger charge is -2.11. The minimum Gasteiger partial charge on any atom is -0.490 e. The molecule has 0 radical (unpaired) electrons. The number of carbonyl (C=O) groups excluding carboxylic acids is 1. The predicted molar refractivity (Wildman–Crippen MR) is 98.3 cm³/mol. The van der Waals surface area contributed by atoms with E-state index in [4.69, 9.17) is 9.47 Å². The number of carbonyl (C=O) groups is 1. The molecule has 1 aliphatic heterocycles. The quantitative estimate of drug-likeness (QED) is 0.785. The Morgan fingerprint density at radius 1 is 1.04 bits per heavy atom. The number of aryl methyl sites for hydroxylation is 1. The molecule has 0 spiro atoms. The van der Waals surface area contributed by atoms with Crippen LogP contribution in [0, 0.1) is 6.92 Å². The highest BCUT2D eigenvalue weighted by atomic mass is 16.5. The number of amides is 1.